The van der Waals surface area contributed by atoms with Gasteiger partial charge in [-0.3, -0.25) is 0 Å². The van der Waals surface area contributed by atoms with Crippen LogP contribution in [0.15, 0.2) is 18.2 Å². The molecule has 0 radical (unpaired) electrons. The van der Waals surface area contributed by atoms with Crippen LogP contribution >= 0.6 is 22.9 Å². The Kier molecular flexibility index (Phi) is 2.55. The van der Waals surface area contributed by atoms with Gasteiger partial charge in [0, 0.05) is 29.4 Å². The van der Waals surface area contributed by atoms with Gasteiger partial charge in [-0.05, 0) is 41.9 Å². The van der Waals surface area contributed by atoms with Gasteiger partial charge in [-0.2, -0.15) is 0 Å². The van der Waals surface area contributed by atoms with E-state index >= 15 is 0 Å². The van der Waals surface area contributed by atoms with Crippen molar-refractivity contribution in [2.24, 2.45) is 0 Å². The lowest BCUT2D eigenvalue weighted by molar-refractivity contribution is 0.346. The summed E-state index contributed by atoms with van der Waals surface area (Å²) in [6, 6.07) is 6.94. The maximum absolute atomic E-state index is 2.54. The molecule has 1 aliphatic heterocycles. The molecule has 16 heavy (non-hydrogen) atoms. The monoisotopic (exact) mass is 327 g/mol. The van der Waals surface area contributed by atoms with Gasteiger partial charge in [-0.1, -0.05) is 32.0 Å². The summed E-state index contributed by atoms with van der Waals surface area (Å²) in [7, 11) is 0. The quantitative estimate of drug-likeness (QED) is 0.556. The first-order valence-electron chi connectivity index (χ1n) is 6.21. The highest BCUT2D eigenvalue weighted by molar-refractivity contribution is 14.1. The van der Waals surface area contributed by atoms with Crippen LogP contribution in [0.1, 0.15) is 49.3 Å². The Morgan fingerprint density at radius 2 is 2.06 bits per heavy atom. The van der Waals surface area contributed by atoms with E-state index in [1.165, 1.54) is 25.8 Å². The first-order chi connectivity index (χ1) is 7.65. The van der Waals surface area contributed by atoms with Gasteiger partial charge >= 0.3 is 0 Å². The van der Waals surface area contributed by atoms with Gasteiger partial charge in [0.2, 0.25) is 0 Å². The third-order valence-electron chi connectivity index (χ3n) is 4.08. The second kappa shape index (κ2) is 3.70. The van der Waals surface area contributed by atoms with Crippen molar-refractivity contribution in [2.45, 2.75) is 44.6 Å². The number of hydrogen-bond donors (Lipinski definition) is 0. The van der Waals surface area contributed by atoms with Crippen LogP contribution in [-0.2, 0) is 12.0 Å². The van der Waals surface area contributed by atoms with Gasteiger partial charge < -0.3 is 0 Å². The van der Waals surface area contributed by atoms with E-state index in [0.29, 0.717) is 11.5 Å². The molecule has 0 atom stereocenters. The molecule has 1 aromatic rings. The third-order valence-corrected chi connectivity index (χ3v) is 5.49. The van der Waals surface area contributed by atoms with Crippen LogP contribution in [0.25, 0.3) is 0 Å². The van der Waals surface area contributed by atoms with Crippen LogP contribution in [0, 0.1) is 0 Å². The van der Waals surface area contributed by atoms with Gasteiger partial charge in [0.25, 0.3) is 0 Å². The molecular formula is C14H18IN. The van der Waals surface area contributed by atoms with E-state index < -0.39 is 0 Å². The average Bonchev–Trinajstić information content (AvgIpc) is 3.05. The Balaban J connectivity index is 2.14. The summed E-state index contributed by atoms with van der Waals surface area (Å²) in [6.07, 6.45) is 3.93. The molecule has 1 saturated carbocycles. The Morgan fingerprint density at radius 3 is 2.69 bits per heavy atom. The second-order valence-electron chi connectivity index (χ2n) is 5.40. The highest BCUT2D eigenvalue weighted by Crippen LogP contribution is 2.56. The van der Waals surface area contributed by atoms with Crippen LogP contribution < -0.4 is 0 Å². The van der Waals surface area contributed by atoms with E-state index in [-0.39, 0.29) is 0 Å². The predicted molar refractivity (Wildman–Crippen MR) is 75.9 cm³/mol. The molecule has 2 heteroatoms. The third kappa shape index (κ3) is 1.46. The Morgan fingerprint density at radius 1 is 1.31 bits per heavy atom. The minimum atomic E-state index is 0.416. The van der Waals surface area contributed by atoms with Crippen molar-refractivity contribution in [1.82, 2.24) is 3.11 Å². The van der Waals surface area contributed by atoms with Crippen molar-refractivity contribution in [3.05, 3.63) is 34.9 Å². The van der Waals surface area contributed by atoms with E-state index in [1.54, 1.807) is 16.7 Å². The van der Waals surface area contributed by atoms with Gasteiger partial charge in [-0.25, -0.2) is 3.11 Å². The fraction of sp³-hybridized carbons (Fsp3) is 0.571. The normalized spacial score (nSPS) is 22.5. The summed E-state index contributed by atoms with van der Waals surface area (Å²) >= 11 is 2.52. The predicted octanol–water partition coefficient (Wildman–Crippen LogP) is 4.01. The van der Waals surface area contributed by atoms with E-state index in [1.807, 2.05) is 0 Å². The summed E-state index contributed by atoms with van der Waals surface area (Å²) in [4.78, 5) is 0. The number of halogens is 1. The molecule has 1 aliphatic carbocycles. The highest BCUT2D eigenvalue weighted by atomic mass is 127. The van der Waals surface area contributed by atoms with Crippen molar-refractivity contribution in [1.29, 1.82) is 0 Å². The zero-order valence-corrected chi connectivity index (χ0v) is 12.1. The fourth-order valence-corrected chi connectivity index (χ4v) is 4.03. The Hall–Kier alpha value is -0.0900. The molecule has 2 aliphatic rings. The molecule has 0 unspecified atom stereocenters. The van der Waals surface area contributed by atoms with Crippen molar-refractivity contribution < 1.29 is 0 Å². The molecule has 1 nitrogen and oxygen atoms in total. The second-order valence-corrected chi connectivity index (χ2v) is 6.56. The molecule has 0 aromatic heterocycles. The van der Waals surface area contributed by atoms with Crippen LogP contribution in [0.4, 0.5) is 0 Å². The number of benzene rings is 1. The van der Waals surface area contributed by atoms with Crippen molar-refractivity contribution in [2.75, 3.05) is 6.54 Å². The molecule has 0 amide bonds. The minimum Gasteiger partial charge on any atom is -0.237 e. The van der Waals surface area contributed by atoms with Crippen molar-refractivity contribution in [3.8, 4) is 0 Å². The molecule has 1 heterocycles. The number of rotatable bonds is 1. The molecule has 0 N–H and O–H groups in total. The summed E-state index contributed by atoms with van der Waals surface area (Å²) in [5.74, 6) is 0.659. The van der Waals surface area contributed by atoms with Crippen LogP contribution in [-0.4, -0.2) is 9.66 Å². The van der Waals surface area contributed by atoms with Crippen LogP contribution in [0.2, 0.25) is 0 Å². The number of hydrogen-bond acceptors (Lipinski definition) is 1. The summed E-state index contributed by atoms with van der Waals surface area (Å²) in [5.41, 5.74) is 5.27. The summed E-state index contributed by atoms with van der Waals surface area (Å²) in [5, 5.41) is 0. The molecule has 86 valence electrons. The van der Waals surface area contributed by atoms with E-state index in [0.717, 1.165) is 0 Å². The Labute approximate surface area is 112 Å². The lowest BCUT2D eigenvalue weighted by atomic mass is 9.85. The molecule has 0 saturated heterocycles. The van der Waals surface area contributed by atoms with Gasteiger partial charge in [0.05, 0.1) is 5.54 Å². The zero-order chi connectivity index (χ0) is 11.3. The standard InChI is InChI=1S/C14H18IN/c1-10(2)11-4-3-5-13-12(11)6-9-16(15)14(13)7-8-14/h3-5,10H,6-9H2,1-2H3. The van der Waals surface area contributed by atoms with Crippen molar-refractivity contribution in [3.63, 3.8) is 0 Å². The van der Waals surface area contributed by atoms with Gasteiger partial charge in [0.1, 0.15) is 0 Å². The maximum atomic E-state index is 2.54. The lowest BCUT2D eigenvalue weighted by Crippen LogP contribution is -2.34. The largest absolute Gasteiger partial charge is 0.237 e. The first kappa shape index (κ1) is 11.0. The smallest absolute Gasteiger partial charge is 0.0558 e. The molecule has 1 spiro atoms. The zero-order valence-electron chi connectivity index (χ0n) is 9.96. The average molecular weight is 327 g/mol. The van der Waals surface area contributed by atoms with Gasteiger partial charge in [-0.15, -0.1) is 0 Å². The number of fused-ring (bicyclic) bond motifs is 2. The fourth-order valence-electron chi connectivity index (χ4n) is 3.05. The van der Waals surface area contributed by atoms with E-state index in [2.05, 4.69) is 58.0 Å². The topological polar surface area (TPSA) is 3.24 Å². The van der Waals surface area contributed by atoms with Crippen LogP contribution in [0.5, 0.6) is 0 Å². The molecular weight excluding hydrogens is 309 g/mol. The van der Waals surface area contributed by atoms with Crippen LogP contribution in [0.3, 0.4) is 0 Å². The lowest BCUT2D eigenvalue weighted by Gasteiger charge is -2.35. The Bertz CT molecular complexity index is 421. The molecule has 3 rings (SSSR count). The highest BCUT2D eigenvalue weighted by Gasteiger charge is 2.51. The molecule has 0 bridgehead atoms. The van der Waals surface area contributed by atoms with Crippen molar-refractivity contribution >= 4 is 22.9 Å². The minimum absolute atomic E-state index is 0.416. The van der Waals surface area contributed by atoms with Gasteiger partial charge in [0.15, 0.2) is 0 Å². The summed E-state index contributed by atoms with van der Waals surface area (Å²) in [6.45, 7) is 5.84. The van der Waals surface area contributed by atoms with E-state index in [4.69, 9.17) is 0 Å². The molecule has 1 fully saturated rings. The SMILES string of the molecule is CC(C)c1cccc2c1CCN(I)C21CC1. The maximum Gasteiger partial charge on any atom is 0.0558 e. The molecule has 1 aromatic carbocycles. The van der Waals surface area contributed by atoms with E-state index in [9.17, 15) is 0 Å². The first-order valence-corrected chi connectivity index (χ1v) is 7.17. The summed E-state index contributed by atoms with van der Waals surface area (Å²) < 4.78 is 2.54. The number of nitrogens with zero attached hydrogens (tertiary/aromatic N) is 1.